The van der Waals surface area contributed by atoms with Gasteiger partial charge in [-0.25, -0.2) is 4.98 Å². The molecule has 110 valence electrons. The Morgan fingerprint density at radius 3 is 2.71 bits per heavy atom. The Morgan fingerprint density at radius 2 is 2.14 bits per heavy atom. The number of hydrogen-bond acceptors (Lipinski definition) is 5. The molecule has 1 N–H and O–H groups in total. The number of amides is 1. The lowest BCUT2D eigenvalue weighted by atomic mass is 10.1. The molecule has 0 fully saturated rings. The molecule has 1 aromatic heterocycles. The van der Waals surface area contributed by atoms with Crippen LogP contribution >= 0.6 is 0 Å². The van der Waals surface area contributed by atoms with E-state index in [0.717, 1.165) is 5.56 Å². The number of H-pyrrole nitrogens is 1. The minimum absolute atomic E-state index is 0.0646. The third-order valence-corrected chi connectivity index (χ3v) is 2.95. The van der Waals surface area contributed by atoms with Gasteiger partial charge in [0.2, 0.25) is 0 Å². The summed E-state index contributed by atoms with van der Waals surface area (Å²) < 4.78 is 0. The van der Waals surface area contributed by atoms with E-state index in [4.69, 9.17) is 0 Å². The summed E-state index contributed by atoms with van der Waals surface area (Å²) in [5.41, 5.74) is 0.643. The summed E-state index contributed by atoms with van der Waals surface area (Å²) in [7, 11) is 1.56. The Morgan fingerprint density at radius 1 is 1.43 bits per heavy atom. The molecule has 2 rings (SSSR count). The molecule has 1 amide bonds. The van der Waals surface area contributed by atoms with Gasteiger partial charge in [-0.2, -0.15) is 5.10 Å². The second-order valence-corrected chi connectivity index (χ2v) is 4.78. The van der Waals surface area contributed by atoms with E-state index in [9.17, 15) is 14.9 Å². The monoisotopic (exact) mass is 289 g/mol. The van der Waals surface area contributed by atoms with Crippen LogP contribution in [0.4, 0.5) is 5.69 Å². The van der Waals surface area contributed by atoms with Crippen LogP contribution in [0.25, 0.3) is 0 Å². The van der Waals surface area contributed by atoms with E-state index in [-0.39, 0.29) is 17.8 Å². The first-order valence-electron chi connectivity index (χ1n) is 6.27. The predicted octanol–water partition coefficient (Wildman–Crippen LogP) is 1.60. The highest BCUT2D eigenvalue weighted by atomic mass is 16.6. The smallest absolute Gasteiger partial charge is 0.282 e. The van der Waals surface area contributed by atoms with Crippen LogP contribution in [-0.2, 0) is 6.54 Å². The Hall–Kier alpha value is -2.77. The summed E-state index contributed by atoms with van der Waals surface area (Å²) in [6.45, 7) is 3.71. The van der Waals surface area contributed by atoms with Crippen LogP contribution < -0.4 is 0 Å². The molecule has 1 aromatic carbocycles. The fourth-order valence-corrected chi connectivity index (χ4v) is 1.93. The summed E-state index contributed by atoms with van der Waals surface area (Å²) in [6, 6.07) is 4.46. The standard InChI is InChI=1S/C13H15N5O3/c1-8-4-5-11(18(20)21)10(6-8)13(19)17(3)7-12-14-9(2)15-16-12/h4-6H,7H2,1-3H3,(H,14,15,16). The lowest BCUT2D eigenvalue weighted by Crippen LogP contribution is -2.27. The molecule has 2 aromatic rings. The van der Waals surface area contributed by atoms with E-state index < -0.39 is 10.8 Å². The van der Waals surface area contributed by atoms with Crippen LogP contribution in [0.5, 0.6) is 0 Å². The highest BCUT2D eigenvalue weighted by Gasteiger charge is 2.23. The van der Waals surface area contributed by atoms with E-state index in [1.54, 1.807) is 27.0 Å². The number of nitro benzene ring substituents is 1. The normalized spacial score (nSPS) is 10.4. The number of hydrogen-bond donors (Lipinski definition) is 1. The number of rotatable bonds is 4. The number of nitrogens with zero attached hydrogens (tertiary/aromatic N) is 4. The Balaban J connectivity index is 2.26. The molecule has 0 aliphatic heterocycles. The zero-order valence-corrected chi connectivity index (χ0v) is 12.0. The Labute approximate surface area is 121 Å². The average molecular weight is 289 g/mol. The summed E-state index contributed by atoms with van der Waals surface area (Å²) in [5.74, 6) is 0.666. The van der Waals surface area contributed by atoms with Gasteiger partial charge in [0.15, 0.2) is 5.82 Å². The van der Waals surface area contributed by atoms with Gasteiger partial charge in [0.05, 0.1) is 11.5 Å². The minimum atomic E-state index is -0.558. The van der Waals surface area contributed by atoms with E-state index in [1.165, 1.54) is 17.0 Å². The van der Waals surface area contributed by atoms with Crippen LogP contribution in [-0.4, -0.2) is 38.0 Å². The zero-order chi connectivity index (χ0) is 15.6. The maximum atomic E-state index is 12.4. The third-order valence-electron chi connectivity index (χ3n) is 2.95. The molecule has 0 saturated heterocycles. The highest BCUT2D eigenvalue weighted by Crippen LogP contribution is 2.21. The summed E-state index contributed by atoms with van der Waals surface area (Å²) >= 11 is 0. The molecular weight excluding hydrogens is 274 g/mol. The topological polar surface area (TPSA) is 105 Å². The second-order valence-electron chi connectivity index (χ2n) is 4.78. The van der Waals surface area contributed by atoms with Gasteiger partial charge in [-0.15, -0.1) is 0 Å². The predicted molar refractivity (Wildman–Crippen MR) is 74.8 cm³/mol. The van der Waals surface area contributed by atoms with Gasteiger partial charge in [0.1, 0.15) is 11.4 Å². The van der Waals surface area contributed by atoms with Crippen molar-refractivity contribution in [2.75, 3.05) is 7.05 Å². The van der Waals surface area contributed by atoms with Gasteiger partial charge in [-0.05, 0) is 25.5 Å². The number of aryl methyl sites for hydroxylation is 2. The molecule has 8 nitrogen and oxygen atoms in total. The fraction of sp³-hybridized carbons (Fsp3) is 0.308. The molecule has 0 radical (unpaired) electrons. The van der Waals surface area contributed by atoms with Crippen molar-refractivity contribution in [2.24, 2.45) is 0 Å². The van der Waals surface area contributed by atoms with Gasteiger partial charge in [-0.1, -0.05) is 6.07 Å². The molecule has 0 atom stereocenters. The van der Waals surface area contributed by atoms with Crippen molar-refractivity contribution in [1.29, 1.82) is 0 Å². The lowest BCUT2D eigenvalue weighted by molar-refractivity contribution is -0.385. The second kappa shape index (κ2) is 5.70. The van der Waals surface area contributed by atoms with Gasteiger partial charge < -0.3 is 4.90 Å². The van der Waals surface area contributed by atoms with Crippen molar-refractivity contribution < 1.29 is 9.72 Å². The van der Waals surface area contributed by atoms with Crippen LogP contribution in [0.15, 0.2) is 18.2 Å². The van der Waals surface area contributed by atoms with Gasteiger partial charge in [0, 0.05) is 13.1 Å². The molecule has 1 heterocycles. The Bertz CT molecular complexity index is 695. The summed E-state index contributed by atoms with van der Waals surface area (Å²) in [4.78, 5) is 28.3. The Kier molecular flexibility index (Phi) is 3.97. The van der Waals surface area contributed by atoms with Crippen molar-refractivity contribution in [3.63, 3.8) is 0 Å². The first-order valence-corrected chi connectivity index (χ1v) is 6.27. The van der Waals surface area contributed by atoms with Crippen molar-refractivity contribution in [2.45, 2.75) is 20.4 Å². The van der Waals surface area contributed by atoms with Crippen LogP contribution in [0.2, 0.25) is 0 Å². The first kappa shape index (κ1) is 14.6. The molecule has 0 spiro atoms. The fourth-order valence-electron chi connectivity index (χ4n) is 1.93. The molecular formula is C13H15N5O3. The third kappa shape index (κ3) is 3.22. The molecule has 0 unspecified atom stereocenters. The van der Waals surface area contributed by atoms with Gasteiger partial charge >= 0.3 is 0 Å². The van der Waals surface area contributed by atoms with Crippen molar-refractivity contribution in [3.8, 4) is 0 Å². The number of benzene rings is 1. The van der Waals surface area contributed by atoms with E-state index in [0.29, 0.717) is 11.6 Å². The van der Waals surface area contributed by atoms with Crippen LogP contribution in [0.3, 0.4) is 0 Å². The number of nitro groups is 1. The minimum Gasteiger partial charge on any atom is -0.334 e. The summed E-state index contributed by atoms with van der Waals surface area (Å²) in [6.07, 6.45) is 0. The van der Waals surface area contributed by atoms with E-state index in [2.05, 4.69) is 15.2 Å². The number of carbonyl (C=O) groups excluding carboxylic acids is 1. The van der Waals surface area contributed by atoms with Crippen molar-refractivity contribution in [1.82, 2.24) is 20.1 Å². The lowest BCUT2D eigenvalue weighted by Gasteiger charge is -2.15. The quantitative estimate of drug-likeness (QED) is 0.680. The van der Waals surface area contributed by atoms with Gasteiger partial charge in [-0.3, -0.25) is 20.0 Å². The maximum Gasteiger partial charge on any atom is 0.282 e. The van der Waals surface area contributed by atoms with Crippen molar-refractivity contribution >= 4 is 11.6 Å². The molecule has 8 heteroatoms. The van der Waals surface area contributed by atoms with E-state index in [1.807, 2.05) is 0 Å². The largest absolute Gasteiger partial charge is 0.334 e. The SMILES string of the molecule is Cc1ccc([N+](=O)[O-])c(C(=O)N(C)Cc2n[nH]c(C)n2)c1. The highest BCUT2D eigenvalue weighted by molar-refractivity contribution is 5.98. The number of aromatic amines is 1. The number of nitrogens with one attached hydrogen (secondary N) is 1. The van der Waals surface area contributed by atoms with Gasteiger partial charge in [0.25, 0.3) is 11.6 Å². The van der Waals surface area contributed by atoms with Crippen LogP contribution in [0, 0.1) is 24.0 Å². The number of aromatic nitrogens is 3. The average Bonchev–Trinajstić information content (AvgIpc) is 2.82. The van der Waals surface area contributed by atoms with Crippen LogP contribution in [0.1, 0.15) is 27.6 Å². The maximum absolute atomic E-state index is 12.4. The molecule has 0 bridgehead atoms. The number of carbonyl (C=O) groups is 1. The zero-order valence-electron chi connectivity index (χ0n) is 12.0. The first-order chi connectivity index (χ1) is 9.88. The molecule has 21 heavy (non-hydrogen) atoms. The van der Waals surface area contributed by atoms with E-state index >= 15 is 0 Å². The van der Waals surface area contributed by atoms with Crippen molar-refractivity contribution in [3.05, 3.63) is 51.1 Å². The summed E-state index contributed by atoms with van der Waals surface area (Å²) in [5, 5.41) is 17.7. The molecule has 0 aliphatic carbocycles. The molecule has 0 aliphatic rings. The molecule has 0 saturated carbocycles.